The zero-order valence-corrected chi connectivity index (χ0v) is 18.8. The van der Waals surface area contributed by atoms with Crippen LogP contribution in [-0.2, 0) is 11.2 Å². The number of amides is 3. The van der Waals surface area contributed by atoms with Crippen molar-refractivity contribution >= 4 is 41.0 Å². The highest BCUT2D eigenvalue weighted by atomic mass is 35.5. The molecule has 0 spiro atoms. The SMILES string of the molecule is CC1(Cc2ccncc2-c2cccc(Cl)c2)NC(=O)N(c2ccc(SC(F)(F)F)cc2)C1=O. The summed E-state index contributed by atoms with van der Waals surface area (Å²) in [5, 5.41) is 3.28. The van der Waals surface area contributed by atoms with Gasteiger partial charge in [-0.15, -0.1) is 0 Å². The van der Waals surface area contributed by atoms with E-state index in [4.69, 9.17) is 11.6 Å². The van der Waals surface area contributed by atoms with Gasteiger partial charge < -0.3 is 5.32 Å². The van der Waals surface area contributed by atoms with E-state index in [0.29, 0.717) is 5.02 Å². The molecule has 0 bridgehead atoms. The standard InChI is InChI=1S/C23H17ClF3N3O2S/c1-22(12-15-9-10-28-13-19(15)14-3-2-4-16(24)11-14)20(31)30(21(32)29-22)17-5-7-18(8-6-17)33-23(25,26)27/h2-11,13H,12H2,1H3,(H,29,32). The molecule has 1 fully saturated rings. The molecule has 2 aromatic carbocycles. The van der Waals surface area contributed by atoms with Gasteiger partial charge in [-0.05, 0) is 72.3 Å². The first kappa shape index (κ1) is 23.1. The Hall–Kier alpha value is -3.04. The minimum atomic E-state index is -4.42. The fourth-order valence-electron chi connectivity index (χ4n) is 3.71. The van der Waals surface area contributed by atoms with Crippen LogP contribution in [-0.4, -0.2) is 28.0 Å². The largest absolute Gasteiger partial charge is 0.446 e. The number of alkyl halides is 3. The highest BCUT2D eigenvalue weighted by Gasteiger charge is 2.48. The number of urea groups is 1. The summed E-state index contributed by atoms with van der Waals surface area (Å²) in [5.41, 5.74) is -3.12. The van der Waals surface area contributed by atoms with E-state index in [0.717, 1.165) is 21.6 Å². The highest BCUT2D eigenvalue weighted by Crippen LogP contribution is 2.38. The van der Waals surface area contributed by atoms with E-state index < -0.39 is 23.0 Å². The number of nitrogens with zero attached hydrogens (tertiary/aromatic N) is 2. The predicted molar refractivity (Wildman–Crippen MR) is 121 cm³/mol. The lowest BCUT2D eigenvalue weighted by molar-refractivity contribution is -0.121. The number of pyridine rings is 1. The number of halogens is 4. The van der Waals surface area contributed by atoms with Crippen LogP contribution in [0.1, 0.15) is 12.5 Å². The van der Waals surface area contributed by atoms with E-state index in [-0.39, 0.29) is 28.8 Å². The van der Waals surface area contributed by atoms with Gasteiger partial charge in [0.25, 0.3) is 5.91 Å². The van der Waals surface area contributed by atoms with Crippen molar-refractivity contribution in [1.82, 2.24) is 10.3 Å². The molecule has 0 radical (unpaired) electrons. The van der Waals surface area contributed by atoms with Gasteiger partial charge in [0.1, 0.15) is 5.54 Å². The van der Waals surface area contributed by atoms with Gasteiger partial charge in [0.2, 0.25) is 0 Å². The Labute approximate surface area is 197 Å². The molecule has 33 heavy (non-hydrogen) atoms. The third-order valence-corrected chi connectivity index (χ3v) is 6.15. The van der Waals surface area contributed by atoms with Crippen LogP contribution in [0.15, 0.2) is 71.9 Å². The van der Waals surface area contributed by atoms with Crippen LogP contribution in [0.25, 0.3) is 11.1 Å². The summed E-state index contributed by atoms with van der Waals surface area (Å²) in [7, 11) is 0. The van der Waals surface area contributed by atoms with Crippen LogP contribution >= 0.6 is 23.4 Å². The van der Waals surface area contributed by atoms with Crippen LogP contribution in [0.2, 0.25) is 5.02 Å². The number of hydrogen-bond acceptors (Lipinski definition) is 4. The van der Waals surface area contributed by atoms with Crippen molar-refractivity contribution in [1.29, 1.82) is 0 Å². The van der Waals surface area contributed by atoms with Crippen molar-refractivity contribution in [2.24, 2.45) is 0 Å². The molecule has 5 nitrogen and oxygen atoms in total. The van der Waals surface area contributed by atoms with Crippen LogP contribution in [0, 0.1) is 0 Å². The maximum atomic E-state index is 13.3. The van der Waals surface area contributed by atoms with Crippen LogP contribution in [0.4, 0.5) is 23.7 Å². The van der Waals surface area contributed by atoms with Gasteiger partial charge in [-0.3, -0.25) is 9.78 Å². The van der Waals surface area contributed by atoms with E-state index in [1.807, 2.05) is 6.07 Å². The first-order valence-electron chi connectivity index (χ1n) is 9.77. The molecule has 1 aliphatic heterocycles. The van der Waals surface area contributed by atoms with Crippen molar-refractivity contribution in [3.05, 3.63) is 77.6 Å². The normalized spacial score (nSPS) is 18.5. The first-order valence-corrected chi connectivity index (χ1v) is 11.0. The second kappa shape index (κ2) is 8.72. The average molecular weight is 492 g/mol. The Morgan fingerprint density at radius 3 is 2.52 bits per heavy atom. The number of thioether (sulfide) groups is 1. The zero-order valence-electron chi connectivity index (χ0n) is 17.2. The number of carbonyl (C=O) groups excluding carboxylic acids is 2. The van der Waals surface area contributed by atoms with Crippen molar-refractivity contribution in [3.63, 3.8) is 0 Å². The summed E-state index contributed by atoms with van der Waals surface area (Å²) in [4.78, 5) is 31.0. The Kier molecular flexibility index (Phi) is 6.11. The van der Waals surface area contributed by atoms with E-state index in [9.17, 15) is 22.8 Å². The summed E-state index contributed by atoms with van der Waals surface area (Å²) in [6.07, 6.45) is 3.45. The number of nitrogens with one attached hydrogen (secondary N) is 1. The predicted octanol–water partition coefficient (Wildman–Crippen LogP) is 6.07. The lowest BCUT2D eigenvalue weighted by Crippen LogP contribution is -2.46. The molecule has 1 atom stereocenters. The number of imide groups is 1. The number of hydrogen-bond donors (Lipinski definition) is 1. The molecule has 1 unspecified atom stereocenters. The van der Waals surface area contributed by atoms with Crippen molar-refractivity contribution in [3.8, 4) is 11.1 Å². The van der Waals surface area contributed by atoms with Gasteiger partial charge in [0, 0.05) is 34.3 Å². The minimum absolute atomic E-state index is 0.0379. The van der Waals surface area contributed by atoms with Gasteiger partial charge in [-0.1, -0.05) is 23.7 Å². The topological polar surface area (TPSA) is 62.3 Å². The molecule has 1 N–H and O–H groups in total. The fourth-order valence-corrected chi connectivity index (χ4v) is 4.44. The second-order valence-corrected chi connectivity index (χ2v) is 9.24. The Bertz CT molecular complexity index is 1220. The molecule has 1 aromatic heterocycles. The molecular weight excluding hydrogens is 475 g/mol. The highest BCUT2D eigenvalue weighted by molar-refractivity contribution is 8.00. The molecule has 0 aliphatic carbocycles. The summed E-state index contributed by atoms with van der Waals surface area (Å²) < 4.78 is 37.7. The van der Waals surface area contributed by atoms with Crippen molar-refractivity contribution in [2.75, 3.05) is 4.90 Å². The lowest BCUT2D eigenvalue weighted by Gasteiger charge is -2.23. The first-order chi connectivity index (χ1) is 15.6. The van der Waals surface area contributed by atoms with Crippen LogP contribution in [0.3, 0.4) is 0 Å². The maximum absolute atomic E-state index is 13.3. The molecular formula is C23H17ClF3N3O2S. The Morgan fingerprint density at radius 1 is 1.12 bits per heavy atom. The van der Waals surface area contributed by atoms with Gasteiger partial charge in [-0.25, -0.2) is 9.69 Å². The average Bonchev–Trinajstić information content (AvgIpc) is 2.96. The van der Waals surface area contributed by atoms with Gasteiger partial charge >= 0.3 is 11.5 Å². The van der Waals surface area contributed by atoms with Crippen molar-refractivity contribution in [2.45, 2.75) is 29.3 Å². The van der Waals surface area contributed by atoms with Gasteiger partial charge in [0.05, 0.1) is 5.69 Å². The molecule has 0 saturated carbocycles. The van der Waals surface area contributed by atoms with Crippen LogP contribution in [0.5, 0.6) is 0 Å². The molecule has 10 heteroatoms. The number of rotatable bonds is 5. The summed E-state index contributed by atoms with van der Waals surface area (Å²) in [6.45, 7) is 1.61. The van der Waals surface area contributed by atoms with Crippen molar-refractivity contribution < 1.29 is 22.8 Å². The molecule has 1 aliphatic rings. The number of benzene rings is 2. The second-order valence-electron chi connectivity index (χ2n) is 7.66. The third kappa shape index (κ3) is 4.99. The number of anilines is 1. The fraction of sp³-hybridized carbons (Fsp3) is 0.174. The van der Waals surface area contributed by atoms with E-state index >= 15 is 0 Å². The number of carbonyl (C=O) groups is 2. The summed E-state index contributed by atoms with van der Waals surface area (Å²) in [6, 6.07) is 13.4. The van der Waals surface area contributed by atoms with E-state index in [1.165, 1.54) is 24.3 Å². The molecule has 2 heterocycles. The third-order valence-electron chi connectivity index (χ3n) is 5.18. The van der Waals surface area contributed by atoms with Gasteiger partial charge in [-0.2, -0.15) is 13.2 Å². The van der Waals surface area contributed by atoms with Crippen LogP contribution < -0.4 is 10.2 Å². The monoisotopic (exact) mass is 491 g/mol. The smallest absolute Gasteiger partial charge is 0.323 e. The zero-order chi connectivity index (χ0) is 23.8. The molecule has 1 saturated heterocycles. The quantitative estimate of drug-likeness (QED) is 0.347. The van der Waals surface area contributed by atoms with E-state index in [2.05, 4.69) is 10.3 Å². The lowest BCUT2D eigenvalue weighted by atomic mass is 9.89. The minimum Gasteiger partial charge on any atom is -0.323 e. The summed E-state index contributed by atoms with van der Waals surface area (Å²) >= 11 is 5.85. The molecule has 170 valence electrons. The van der Waals surface area contributed by atoms with E-state index in [1.54, 1.807) is 43.6 Å². The molecule has 3 aromatic rings. The Balaban J connectivity index is 1.60. The number of aromatic nitrogens is 1. The van der Waals surface area contributed by atoms with Gasteiger partial charge in [0.15, 0.2) is 0 Å². The molecule has 3 amide bonds. The summed E-state index contributed by atoms with van der Waals surface area (Å²) in [5.74, 6) is -0.502. The maximum Gasteiger partial charge on any atom is 0.446 e. The Morgan fingerprint density at radius 2 is 1.85 bits per heavy atom. The molecule has 4 rings (SSSR count).